The maximum Gasteiger partial charge on any atom is 0.407 e. The second-order valence-corrected chi connectivity index (χ2v) is 16.2. The van der Waals surface area contributed by atoms with Gasteiger partial charge in [-0.15, -0.1) is 0 Å². The zero-order valence-electron chi connectivity index (χ0n) is 32.0. The number of alkyl carbamates (subject to hydrolysis) is 1. The second-order valence-electron chi connectivity index (χ2n) is 16.2. The number of Topliss-reactive ketones (excluding diaryl/α,β-unsaturated/α-hetero) is 1. The monoisotopic (exact) mass is 706 g/mol. The number of ketones is 1. The molecule has 284 valence electrons. The molecule has 5 N–H and O–H groups in total. The molecular weight excluding hydrogens is 644 g/mol. The molecule has 2 fully saturated rings. The molecule has 0 radical (unpaired) electrons. The van der Waals surface area contributed by atoms with E-state index in [9.17, 15) is 33.6 Å². The van der Waals surface area contributed by atoms with Crippen molar-refractivity contribution in [2.75, 3.05) is 20.2 Å². The lowest BCUT2D eigenvalue weighted by molar-refractivity contribution is -0.145. The summed E-state index contributed by atoms with van der Waals surface area (Å²) >= 11 is 0. The maximum atomic E-state index is 14.6. The first-order valence-corrected chi connectivity index (χ1v) is 18.0. The zero-order chi connectivity index (χ0) is 38.2. The number of nitrogens with zero attached hydrogens (tertiary/aromatic N) is 1. The number of carbonyl (C=O) groups excluding carboxylic acids is 7. The number of ether oxygens (including phenoxy) is 1. The number of hydrogen-bond acceptors (Lipinski definition) is 9. The lowest BCUT2D eigenvalue weighted by Gasteiger charge is -2.44. The fourth-order valence-corrected chi connectivity index (χ4v) is 6.80. The van der Waals surface area contributed by atoms with Gasteiger partial charge < -0.3 is 41.0 Å². The van der Waals surface area contributed by atoms with Crippen molar-refractivity contribution in [3.8, 4) is 0 Å². The minimum Gasteiger partial charge on any atom is -0.453 e. The summed E-state index contributed by atoms with van der Waals surface area (Å²) in [6.45, 7) is 18.3. The van der Waals surface area contributed by atoms with Crippen LogP contribution in [0, 0.1) is 22.7 Å². The Labute approximate surface area is 297 Å². The van der Waals surface area contributed by atoms with E-state index < -0.39 is 70.1 Å². The van der Waals surface area contributed by atoms with Crippen molar-refractivity contribution in [3.63, 3.8) is 0 Å². The molecule has 1 saturated carbocycles. The van der Waals surface area contributed by atoms with Crippen LogP contribution >= 0.6 is 0 Å². The molecule has 2 aliphatic rings. The molecule has 1 heterocycles. The molecule has 1 saturated heterocycles. The van der Waals surface area contributed by atoms with Crippen LogP contribution in [0.1, 0.15) is 108 Å². The first kappa shape index (κ1) is 42.6. The first-order chi connectivity index (χ1) is 23.2. The van der Waals surface area contributed by atoms with Crippen molar-refractivity contribution in [2.45, 2.75) is 144 Å². The van der Waals surface area contributed by atoms with Gasteiger partial charge in [0.2, 0.25) is 23.5 Å². The lowest BCUT2D eigenvalue weighted by Crippen LogP contribution is -2.68. The van der Waals surface area contributed by atoms with Crippen molar-refractivity contribution < 1.29 is 38.3 Å². The van der Waals surface area contributed by atoms with E-state index >= 15 is 0 Å². The minimum absolute atomic E-state index is 0.0994. The molecule has 1 aliphatic heterocycles. The summed E-state index contributed by atoms with van der Waals surface area (Å²) in [5.41, 5.74) is -3.02. The van der Waals surface area contributed by atoms with Crippen LogP contribution in [-0.4, -0.2) is 103 Å². The van der Waals surface area contributed by atoms with Crippen molar-refractivity contribution in [1.82, 2.24) is 31.5 Å². The third kappa shape index (κ3) is 10.3. The summed E-state index contributed by atoms with van der Waals surface area (Å²) in [6.07, 6.45) is 3.87. The van der Waals surface area contributed by atoms with E-state index in [-0.39, 0.29) is 36.8 Å². The topological polar surface area (TPSA) is 192 Å². The molecule has 0 aromatic carbocycles. The van der Waals surface area contributed by atoms with Crippen LogP contribution in [0.4, 0.5) is 4.79 Å². The Balaban J connectivity index is 2.40. The maximum absolute atomic E-state index is 14.6. The number of aldehydes is 1. The second kappa shape index (κ2) is 17.6. The summed E-state index contributed by atoms with van der Waals surface area (Å²) in [5, 5.41) is 14.0. The molecule has 5 amide bonds. The van der Waals surface area contributed by atoms with E-state index in [1.54, 1.807) is 32.6 Å². The molecule has 8 atom stereocenters. The number of rotatable bonds is 16. The van der Waals surface area contributed by atoms with Crippen LogP contribution in [0.2, 0.25) is 0 Å². The number of fused-ring (bicyclic) bond motifs is 1. The molecule has 0 aromatic heterocycles. The Morgan fingerprint density at radius 3 is 2.10 bits per heavy atom. The predicted molar refractivity (Wildman–Crippen MR) is 189 cm³/mol. The molecule has 0 aromatic rings. The van der Waals surface area contributed by atoms with E-state index in [2.05, 4.69) is 31.3 Å². The van der Waals surface area contributed by atoms with E-state index in [0.29, 0.717) is 25.7 Å². The van der Waals surface area contributed by atoms with Gasteiger partial charge in [-0.1, -0.05) is 68.2 Å². The third-order valence-corrected chi connectivity index (χ3v) is 10.4. The average molecular weight is 707 g/mol. The number of methoxy groups -OCH3 is 1. The Kier molecular flexibility index (Phi) is 15.0. The molecule has 2 rings (SSSR count). The molecule has 0 spiro atoms. The Bertz CT molecular complexity index is 1260. The Hall–Kier alpha value is -3.55. The number of amides is 5. The SMILES string of the molecule is CCC[C@H](NC(=O)[C@@H]1[C@H]2CCC[C@H]2CN1C(=O)[C@@H](NC[C@](C=O)(NC(=O)[C@@H](C)NC(=O)OC)C(C)(C)C)C(C)(C)C)C(=O)C(=O)N[C@@H](C)CC. The van der Waals surface area contributed by atoms with E-state index in [0.717, 1.165) is 19.3 Å². The molecule has 0 bridgehead atoms. The summed E-state index contributed by atoms with van der Waals surface area (Å²) in [6, 6.07) is -3.95. The molecular formula is C36H62N6O8. The summed E-state index contributed by atoms with van der Waals surface area (Å²) in [4.78, 5) is 94.0. The molecule has 1 aliphatic carbocycles. The summed E-state index contributed by atoms with van der Waals surface area (Å²) in [7, 11) is 1.18. The van der Waals surface area contributed by atoms with Gasteiger partial charge in [0.25, 0.3) is 5.91 Å². The van der Waals surface area contributed by atoms with Crippen LogP contribution in [-0.2, 0) is 33.5 Å². The number of nitrogens with one attached hydrogen (secondary N) is 5. The number of hydrogen-bond donors (Lipinski definition) is 5. The van der Waals surface area contributed by atoms with Crippen molar-refractivity contribution >= 4 is 41.8 Å². The van der Waals surface area contributed by atoms with Gasteiger partial charge in [0, 0.05) is 19.1 Å². The molecule has 0 unspecified atom stereocenters. The fourth-order valence-electron chi connectivity index (χ4n) is 6.80. The van der Waals surface area contributed by atoms with Gasteiger partial charge in [-0.25, -0.2) is 4.79 Å². The van der Waals surface area contributed by atoms with Gasteiger partial charge in [0.1, 0.15) is 23.9 Å². The van der Waals surface area contributed by atoms with E-state index in [1.165, 1.54) is 14.0 Å². The lowest BCUT2D eigenvalue weighted by atomic mass is 9.73. The highest BCUT2D eigenvalue weighted by Gasteiger charge is 2.53. The van der Waals surface area contributed by atoms with Crippen LogP contribution in [0.25, 0.3) is 0 Å². The van der Waals surface area contributed by atoms with Crippen molar-refractivity contribution in [1.29, 1.82) is 0 Å². The highest BCUT2D eigenvalue weighted by atomic mass is 16.5. The Morgan fingerprint density at radius 2 is 1.58 bits per heavy atom. The smallest absolute Gasteiger partial charge is 0.407 e. The van der Waals surface area contributed by atoms with Gasteiger partial charge in [-0.2, -0.15) is 0 Å². The summed E-state index contributed by atoms with van der Waals surface area (Å²) in [5.74, 6) is -2.85. The minimum atomic E-state index is -1.50. The normalized spacial score (nSPS) is 22.5. The fraction of sp³-hybridized carbons (Fsp3) is 0.806. The van der Waals surface area contributed by atoms with Crippen LogP contribution in [0.5, 0.6) is 0 Å². The van der Waals surface area contributed by atoms with Crippen LogP contribution < -0.4 is 26.6 Å². The van der Waals surface area contributed by atoms with Gasteiger partial charge in [-0.3, -0.25) is 24.0 Å². The van der Waals surface area contributed by atoms with Crippen LogP contribution in [0.3, 0.4) is 0 Å². The van der Waals surface area contributed by atoms with Gasteiger partial charge >= 0.3 is 6.09 Å². The van der Waals surface area contributed by atoms with Crippen molar-refractivity contribution in [2.24, 2.45) is 22.7 Å². The quantitative estimate of drug-likeness (QED) is 0.118. The standard InChI is InChI=1S/C36H62N6O8/c1-12-15-25(27(44)31(47)38-21(3)13-2)40-30(46)26-24-17-14-16-23(24)18-42(26)32(48)28(34(5,6)7)37-19-36(20-43,35(8,9)10)41-29(45)22(4)39-33(49)50-11/h20-26,28,37H,12-19H2,1-11H3,(H,38,47)(H,39,49)(H,40,46)(H,41,45)/t21-,22+,23-,24-,25-,26-,28+,36+/m0/s1. The first-order valence-electron chi connectivity index (χ1n) is 18.0. The number of carbonyl (C=O) groups is 7. The predicted octanol–water partition coefficient (Wildman–Crippen LogP) is 2.23. The molecule has 50 heavy (non-hydrogen) atoms. The van der Waals surface area contributed by atoms with Crippen molar-refractivity contribution in [3.05, 3.63) is 0 Å². The van der Waals surface area contributed by atoms with Gasteiger partial charge in [0.05, 0.1) is 19.2 Å². The van der Waals surface area contributed by atoms with E-state index in [1.807, 2.05) is 34.6 Å². The highest BCUT2D eigenvalue weighted by molar-refractivity contribution is 6.38. The zero-order valence-corrected chi connectivity index (χ0v) is 32.0. The highest BCUT2D eigenvalue weighted by Crippen LogP contribution is 2.43. The van der Waals surface area contributed by atoms with Gasteiger partial charge in [-0.05, 0) is 62.2 Å². The molecule has 14 nitrogen and oxygen atoms in total. The summed E-state index contributed by atoms with van der Waals surface area (Å²) < 4.78 is 4.60. The third-order valence-electron chi connectivity index (χ3n) is 10.4. The average Bonchev–Trinajstić information content (AvgIpc) is 3.63. The molecule has 14 heteroatoms. The van der Waals surface area contributed by atoms with Gasteiger partial charge in [0.15, 0.2) is 0 Å². The Morgan fingerprint density at radius 1 is 0.940 bits per heavy atom. The van der Waals surface area contributed by atoms with E-state index in [4.69, 9.17) is 0 Å². The van der Waals surface area contributed by atoms with Crippen LogP contribution in [0.15, 0.2) is 0 Å². The number of likely N-dealkylation sites (tertiary alicyclic amines) is 1. The largest absolute Gasteiger partial charge is 0.453 e.